The van der Waals surface area contributed by atoms with Crippen molar-refractivity contribution in [2.24, 2.45) is 5.41 Å². The van der Waals surface area contributed by atoms with E-state index in [-0.39, 0.29) is 6.61 Å². The van der Waals surface area contributed by atoms with Gasteiger partial charge in [0.2, 0.25) is 0 Å². The van der Waals surface area contributed by atoms with Crippen molar-refractivity contribution in [2.45, 2.75) is 17.7 Å². The van der Waals surface area contributed by atoms with E-state index in [2.05, 4.69) is 5.32 Å². The summed E-state index contributed by atoms with van der Waals surface area (Å²) >= 11 is 11.8. The molecule has 1 amide bonds. The number of hydrogen-bond acceptors (Lipinski definition) is 3. The first-order valence-electron chi connectivity index (χ1n) is 7.82. The molecule has 6 heteroatoms. The molecule has 130 valence electrons. The van der Waals surface area contributed by atoms with Crippen molar-refractivity contribution in [2.75, 3.05) is 11.9 Å². The molecular formula is C19H17Cl2NO3. The lowest BCUT2D eigenvalue weighted by molar-refractivity contribution is -0.152. The van der Waals surface area contributed by atoms with E-state index >= 15 is 0 Å². The van der Waals surface area contributed by atoms with Crippen molar-refractivity contribution >= 4 is 40.8 Å². The van der Waals surface area contributed by atoms with Crippen LogP contribution in [0.5, 0.6) is 0 Å². The van der Waals surface area contributed by atoms with Gasteiger partial charge in [-0.1, -0.05) is 42.5 Å². The Morgan fingerprint density at radius 1 is 1.04 bits per heavy atom. The Bertz CT molecular complexity index is 790. The van der Waals surface area contributed by atoms with Crippen molar-refractivity contribution in [1.29, 1.82) is 0 Å². The number of alkyl halides is 2. The molecule has 2 aromatic carbocycles. The average Bonchev–Trinajstić information content (AvgIpc) is 3.13. The van der Waals surface area contributed by atoms with Crippen LogP contribution in [0.25, 0.3) is 11.1 Å². The third-order valence-electron chi connectivity index (χ3n) is 4.32. The summed E-state index contributed by atoms with van der Waals surface area (Å²) < 4.78 is 3.91. The topological polar surface area (TPSA) is 55.4 Å². The van der Waals surface area contributed by atoms with Gasteiger partial charge in [0.1, 0.15) is 9.75 Å². The van der Waals surface area contributed by atoms with Gasteiger partial charge >= 0.3 is 5.97 Å². The number of rotatable bonds is 5. The van der Waals surface area contributed by atoms with Crippen LogP contribution < -0.4 is 5.32 Å². The van der Waals surface area contributed by atoms with Gasteiger partial charge in [-0.25, -0.2) is 0 Å². The van der Waals surface area contributed by atoms with E-state index in [1.54, 1.807) is 19.1 Å². The summed E-state index contributed by atoms with van der Waals surface area (Å²) in [7, 11) is 0. The first-order chi connectivity index (χ1) is 11.8. The summed E-state index contributed by atoms with van der Waals surface area (Å²) in [5.74, 6) is -0.980. The second-order valence-corrected chi connectivity index (χ2v) is 7.76. The molecule has 1 aliphatic rings. The third kappa shape index (κ3) is 3.80. The maximum Gasteiger partial charge on any atom is 0.315 e. The predicted octanol–water partition coefficient (Wildman–Crippen LogP) is 4.42. The van der Waals surface area contributed by atoms with E-state index in [9.17, 15) is 9.59 Å². The molecule has 3 rings (SSSR count). The van der Waals surface area contributed by atoms with E-state index in [0.717, 1.165) is 11.1 Å². The summed E-state index contributed by atoms with van der Waals surface area (Å²) in [5.41, 5.74) is 1.83. The quantitative estimate of drug-likeness (QED) is 0.619. The third-order valence-corrected chi connectivity index (χ3v) is 5.42. The van der Waals surface area contributed by atoms with E-state index in [1.165, 1.54) is 0 Å². The number of hydrogen-bond donors (Lipinski definition) is 1. The number of amides is 1. The minimum absolute atomic E-state index is 0.324. The van der Waals surface area contributed by atoms with Gasteiger partial charge in [0, 0.05) is 12.1 Å². The van der Waals surface area contributed by atoms with Crippen LogP contribution in [0.4, 0.5) is 5.69 Å². The zero-order chi connectivity index (χ0) is 18.1. The minimum atomic E-state index is -1.10. The summed E-state index contributed by atoms with van der Waals surface area (Å²) in [5, 5.41) is 2.69. The average molecular weight is 378 g/mol. The summed E-state index contributed by atoms with van der Waals surface area (Å²) in [6.07, 6.45) is 0.324. The molecular weight excluding hydrogens is 361 g/mol. The molecule has 0 aliphatic heterocycles. The van der Waals surface area contributed by atoms with Gasteiger partial charge in [0.05, 0.1) is 0 Å². The molecule has 0 saturated heterocycles. The maximum absolute atomic E-state index is 11.9. The fourth-order valence-corrected chi connectivity index (χ4v) is 3.17. The number of halogens is 2. The van der Waals surface area contributed by atoms with Gasteiger partial charge in [0.25, 0.3) is 5.91 Å². The molecule has 0 radical (unpaired) electrons. The molecule has 1 aliphatic carbocycles. The zero-order valence-electron chi connectivity index (χ0n) is 13.6. The Hall–Kier alpha value is -2.04. The number of ether oxygens (including phenoxy) is 1. The number of anilines is 1. The lowest BCUT2D eigenvalue weighted by Gasteiger charge is -2.12. The molecule has 0 unspecified atom stereocenters. The number of benzene rings is 2. The maximum atomic E-state index is 11.9. The Kier molecular flexibility index (Phi) is 4.76. The smallest absolute Gasteiger partial charge is 0.315 e. The molecule has 1 saturated carbocycles. The molecule has 2 aromatic rings. The highest BCUT2D eigenvalue weighted by Crippen LogP contribution is 2.64. The first-order valence-corrected chi connectivity index (χ1v) is 8.58. The normalized spacial score (nSPS) is 20.6. The minimum Gasteiger partial charge on any atom is -0.455 e. The van der Waals surface area contributed by atoms with E-state index in [4.69, 9.17) is 27.9 Å². The second-order valence-electron chi connectivity index (χ2n) is 6.28. The van der Waals surface area contributed by atoms with Gasteiger partial charge in [-0.05, 0) is 30.2 Å². The van der Waals surface area contributed by atoms with Crippen molar-refractivity contribution in [3.63, 3.8) is 0 Å². The monoisotopic (exact) mass is 377 g/mol. The Morgan fingerprint density at radius 3 is 2.16 bits per heavy atom. The summed E-state index contributed by atoms with van der Waals surface area (Å²) in [4.78, 5) is 23.9. The Morgan fingerprint density at radius 2 is 1.60 bits per heavy atom. The van der Waals surface area contributed by atoms with E-state index in [0.29, 0.717) is 12.1 Å². The van der Waals surface area contributed by atoms with Gasteiger partial charge < -0.3 is 10.1 Å². The molecule has 0 bridgehead atoms. The highest BCUT2D eigenvalue weighted by atomic mass is 35.5. The SMILES string of the molecule is C[C@@]1(C(=O)OCC(=O)Nc2ccc(-c3ccccc3)cc2)CC1(Cl)Cl. The molecule has 1 fully saturated rings. The number of nitrogens with one attached hydrogen (secondary N) is 1. The van der Waals surface area contributed by atoms with Crippen molar-refractivity contribution in [3.8, 4) is 11.1 Å². The molecule has 4 nitrogen and oxygen atoms in total. The lowest BCUT2D eigenvalue weighted by Crippen LogP contribution is -2.26. The molecule has 0 spiro atoms. The van der Waals surface area contributed by atoms with Crippen LogP contribution >= 0.6 is 23.2 Å². The first kappa shape index (κ1) is 17.8. The van der Waals surface area contributed by atoms with Crippen molar-refractivity contribution in [1.82, 2.24) is 0 Å². The number of carbonyl (C=O) groups excluding carboxylic acids is 2. The highest BCUT2D eigenvalue weighted by molar-refractivity contribution is 6.53. The van der Waals surface area contributed by atoms with Crippen LogP contribution in [-0.4, -0.2) is 22.8 Å². The van der Waals surface area contributed by atoms with Crippen molar-refractivity contribution in [3.05, 3.63) is 54.6 Å². The van der Waals surface area contributed by atoms with Crippen LogP contribution in [-0.2, 0) is 14.3 Å². The summed E-state index contributed by atoms with van der Waals surface area (Å²) in [6.45, 7) is 1.24. The van der Waals surface area contributed by atoms with E-state index in [1.807, 2.05) is 42.5 Å². The highest BCUT2D eigenvalue weighted by Gasteiger charge is 2.69. The van der Waals surface area contributed by atoms with Crippen LogP contribution in [0.15, 0.2) is 54.6 Å². The fraction of sp³-hybridized carbons (Fsp3) is 0.263. The Labute approximate surface area is 156 Å². The molecule has 0 heterocycles. The van der Waals surface area contributed by atoms with Crippen LogP contribution in [0, 0.1) is 5.41 Å². The molecule has 25 heavy (non-hydrogen) atoms. The molecule has 1 N–H and O–H groups in total. The van der Waals surface area contributed by atoms with Crippen LogP contribution in [0.3, 0.4) is 0 Å². The van der Waals surface area contributed by atoms with Gasteiger partial charge in [0.15, 0.2) is 6.61 Å². The largest absolute Gasteiger partial charge is 0.455 e. The van der Waals surface area contributed by atoms with Gasteiger partial charge in [-0.2, -0.15) is 0 Å². The standard InChI is InChI=1S/C19H17Cl2NO3/c1-18(12-19(18,20)21)17(24)25-11-16(23)22-15-9-7-14(8-10-15)13-5-3-2-4-6-13/h2-10H,11-12H2,1H3,(H,22,23)/t18-/m0/s1. The van der Waals surface area contributed by atoms with Crippen LogP contribution in [0.1, 0.15) is 13.3 Å². The lowest BCUT2D eigenvalue weighted by atomic mass is 10.1. The molecule has 1 atom stereocenters. The van der Waals surface area contributed by atoms with Gasteiger partial charge in [-0.15, -0.1) is 23.2 Å². The van der Waals surface area contributed by atoms with Gasteiger partial charge in [-0.3, -0.25) is 9.59 Å². The molecule has 0 aromatic heterocycles. The number of esters is 1. The van der Waals surface area contributed by atoms with E-state index < -0.39 is 21.6 Å². The summed E-state index contributed by atoms with van der Waals surface area (Å²) in [6, 6.07) is 17.3. The number of carbonyl (C=O) groups is 2. The fourth-order valence-electron chi connectivity index (χ4n) is 2.49. The predicted molar refractivity (Wildman–Crippen MR) is 98.6 cm³/mol. The van der Waals surface area contributed by atoms with Crippen molar-refractivity contribution < 1.29 is 14.3 Å². The zero-order valence-corrected chi connectivity index (χ0v) is 15.1. The second kappa shape index (κ2) is 6.70. The van der Waals surface area contributed by atoms with Crippen LogP contribution in [0.2, 0.25) is 0 Å². The Balaban J connectivity index is 1.52.